The lowest BCUT2D eigenvalue weighted by molar-refractivity contribution is -0.125. The zero-order valence-electron chi connectivity index (χ0n) is 9.81. The number of nitrogens with two attached hydrogens (primary N) is 1. The van der Waals surface area contributed by atoms with Crippen LogP contribution in [0.1, 0.15) is 25.7 Å². The van der Waals surface area contributed by atoms with Crippen molar-refractivity contribution < 1.29 is 4.79 Å². The van der Waals surface area contributed by atoms with Crippen LogP contribution in [0.4, 0.5) is 0 Å². The van der Waals surface area contributed by atoms with E-state index in [1.165, 1.54) is 0 Å². The molecule has 3 N–H and O–H groups in total. The smallest absolute Gasteiger partial charge is 0.237 e. The van der Waals surface area contributed by atoms with Crippen molar-refractivity contribution in [2.24, 2.45) is 5.73 Å². The summed E-state index contributed by atoms with van der Waals surface area (Å²) >= 11 is 3.41. The van der Waals surface area contributed by atoms with Gasteiger partial charge < -0.3 is 11.1 Å². The summed E-state index contributed by atoms with van der Waals surface area (Å²) in [4.78, 5) is 15.9. The molecule has 1 fully saturated rings. The Kier molecular flexibility index (Phi) is 4.06. The van der Waals surface area contributed by atoms with Gasteiger partial charge in [-0.05, 0) is 32.7 Å². The molecule has 2 unspecified atom stereocenters. The molecule has 1 aromatic heterocycles. The van der Waals surface area contributed by atoms with Crippen molar-refractivity contribution in [1.82, 2.24) is 10.3 Å². The Bertz CT molecular complexity index is 382. The van der Waals surface area contributed by atoms with E-state index >= 15 is 0 Å². The summed E-state index contributed by atoms with van der Waals surface area (Å²) in [5.74, 6) is -0.232. The number of hydrogen-bond acceptors (Lipinski definition) is 5. The number of carbonyl (C=O) groups excluding carboxylic acids is 1. The fourth-order valence-electron chi connectivity index (χ4n) is 2.31. The van der Waals surface area contributed by atoms with E-state index in [0.717, 1.165) is 30.0 Å². The number of nitrogens with one attached hydrogen (secondary N) is 1. The van der Waals surface area contributed by atoms with E-state index < -0.39 is 5.54 Å². The van der Waals surface area contributed by atoms with Crippen LogP contribution in [0, 0.1) is 0 Å². The molecule has 1 heterocycles. The fourth-order valence-corrected chi connectivity index (χ4v) is 4.53. The van der Waals surface area contributed by atoms with E-state index in [-0.39, 0.29) is 5.91 Å². The molecule has 0 aliphatic heterocycles. The summed E-state index contributed by atoms with van der Waals surface area (Å²) in [5, 5.41) is 5.52. The monoisotopic (exact) mass is 271 g/mol. The van der Waals surface area contributed by atoms with Gasteiger partial charge in [0.1, 0.15) is 4.34 Å². The number of thiazole rings is 1. The van der Waals surface area contributed by atoms with Crippen LogP contribution >= 0.6 is 23.1 Å². The van der Waals surface area contributed by atoms with E-state index in [2.05, 4.69) is 10.3 Å². The van der Waals surface area contributed by atoms with Gasteiger partial charge in [-0.2, -0.15) is 0 Å². The van der Waals surface area contributed by atoms with Crippen LogP contribution in [0.5, 0.6) is 0 Å². The van der Waals surface area contributed by atoms with Crippen molar-refractivity contribution in [3.8, 4) is 0 Å². The van der Waals surface area contributed by atoms with Crippen molar-refractivity contribution in [2.45, 2.75) is 40.8 Å². The Morgan fingerprint density at radius 1 is 1.76 bits per heavy atom. The molecule has 1 saturated carbocycles. The first-order valence-corrected chi connectivity index (χ1v) is 7.47. The second-order valence-corrected chi connectivity index (χ2v) is 6.77. The third kappa shape index (κ3) is 2.81. The second kappa shape index (κ2) is 5.37. The molecule has 94 valence electrons. The average Bonchev–Trinajstić information content (AvgIpc) is 2.82. The van der Waals surface area contributed by atoms with Gasteiger partial charge in [-0.25, -0.2) is 4.98 Å². The van der Waals surface area contributed by atoms with E-state index in [4.69, 9.17) is 5.73 Å². The Morgan fingerprint density at radius 2 is 2.59 bits per heavy atom. The molecule has 2 rings (SSSR count). The van der Waals surface area contributed by atoms with Crippen molar-refractivity contribution in [3.63, 3.8) is 0 Å². The Labute approximate surface area is 109 Å². The number of thioether (sulfide) groups is 1. The molecule has 0 aromatic carbocycles. The number of primary amides is 1. The maximum Gasteiger partial charge on any atom is 0.237 e. The standard InChI is InChI=1S/C11H17N3OS2/c1-13-11(9(12)15)4-2-3-8(7-11)17-10-14-5-6-16-10/h5-6,8,13H,2-4,7H2,1H3,(H2,12,15). The van der Waals surface area contributed by atoms with E-state index in [0.29, 0.717) is 5.25 Å². The molecule has 1 aliphatic carbocycles. The molecule has 0 spiro atoms. The number of rotatable bonds is 4. The summed E-state index contributed by atoms with van der Waals surface area (Å²) in [6, 6.07) is 0. The molecular formula is C11H17N3OS2. The van der Waals surface area contributed by atoms with Crippen LogP contribution in [-0.2, 0) is 4.79 Å². The third-order valence-electron chi connectivity index (χ3n) is 3.33. The van der Waals surface area contributed by atoms with Crippen LogP contribution in [-0.4, -0.2) is 28.7 Å². The van der Waals surface area contributed by atoms with Gasteiger partial charge in [-0.15, -0.1) is 11.3 Å². The molecule has 1 aliphatic rings. The highest BCUT2D eigenvalue weighted by atomic mass is 32.2. The summed E-state index contributed by atoms with van der Waals surface area (Å²) < 4.78 is 1.08. The maximum absolute atomic E-state index is 11.6. The minimum absolute atomic E-state index is 0.232. The molecule has 17 heavy (non-hydrogen) atoms. The van der Waals surface area contributed by atoms with Gasteiger partial charge in [0.25, 0.3) is 0 Å². The second-order valence-electron chi connectivity index (χ2n) is 4.33. The molecule has 0 radical (unpaired) electrons. The minimum atomic E-state index is -0.521. The van der Waals surface area contributed by atoms with Crippen molar-refractivity contribution in [2.75, 3.05) is 7.05 Å². The topological polar surface area (TPSA) is 68.0 Å². The highest BCUT2D eigenvalue weighted by Crippen LogP contribution is 2.38. The van der Waals surface area contributed by atoms with E-state index in [9.17, 15) is 4.79 Å². The highest BCUT2D eigenvalue weighted by molar-refractivity contribution is 8.01. The first-order chi connectivity index (χ1) is 8.16. The van der Waals surface area contributed by atoms with Gasteiger partial charge in [0.2, 0.25) is 5.91 Å². The summed E-state index contributed by atoms with van der Waals surface area (Å²) in [6.07, 6.45) is 5.61. The SMILES string of the molecule is CNC1(C(N)=O)CCCC(Sc2nccs2)C1. The molecule has 6 heteroatoms. The Hall–Kier alpha value is -0.590. The molecule has 2 atom stereocenters. The summed E-state index contributed by atoms with van der Waals surface area (Å²) in [7, 11) is 1.82. The molecule has 4 nitrogen and oxygen atoms in total. The number of hydrogen-bond donors (Lipinski definition) is 2. The number of likely N-dealkylation sites (N-methyl/N-ethyl adjacent to an activating group) is 1. The number of amides is 1. The average molecular weight is 271 g/mol. The first-order valence-electron chi connectivity index (χ1n) is 5.71. The quantitative estimate of drug-likeness (QED) is 0.873. The molecule has 1 amide bonds. The van der Waals surface area contributed by atoms with Crippen molar-refractivity contribution in [1.29, 1.82) is 0 Å². The van der Waals surface area contributed by atoms with Crippen LogP contribution in [0.15, 0.2) is 15.9 Å². The van der Waals surface area contributed by atoms with Crippen LogP contribution in [0.25, 0.3) is 0 Å². The molecule has 0 bridgehead atoms. The van der Waals surface area contributed by atoms with Gasteiger partial charge in [0, 0.05) is 16.8 Å². The minimum Gasteiger partial charge on any atom is -0.368 e. The summed E-state index contributed by atoms with van der Waals surface area (Å²) in [6.45, 7) is 0. The normalized spacial score (nSPS) is 29.1. The lowest BCUT2D eigenvalue weighted by Crippen LogP contribution is -2.57. The van der Waals surface area contributed by atoms with Gasteiger partial charge in [0.15, 0.2) is 0 Å². The molecule has 0 saturated heterocycles. The number of aromatic nitrogens is 1. The van der Waals surface area contributed by atoms with Crippen LogP contribution in [0.3, 0.4) is 0 Å². The zero-order valence-corrected chi connectivity index (χ0v) is 11.4. The summed E-state index contributed by atoms with van der Waals surface area (Å²) in [5.41, 5.74) is 5.00. The Balaban J connectivity index is 2.03. The van der Waals surface area contributed by atoms with E-state index in [1.807, 2.05) is 18.6 Å². The van der Waals surface area contributed by atoms with Gasteiger partial charge in [0.05, 0.1) is 5.54 Å². The largest absolute Gasteiger partial charge is 0.368 e. The lowest BCUT2D eigenvalue weighted by Gasteiger charge is -2.37. The van der Waals surface area contributed by atoms with Gasteiger partial charge in [-0.3, -0.25) is 4.79 Å². The van der Waals surface area contributed by atoms with Crippen molar-refractivity contribution in [3.05, 3.63) is 11.6 Å². The van der Waals surface area contributed by atoms with Crippen LogP contribution in [0.2, 0.25) is 0 Å². The molecule has 1 aromatic rings. The fraction of sp³-hybridized carbons (Fsp3) is 0.636. The van der Waals surface area contributed by atoms with E-state index in [1.54, 1.807) is 23.1 Å². The number of nitrogens with zero attached hydrogens (tertiary/aromatic N) is 1. The maximum atomic E-state index is 11.6. The highest BCUT2D eigenvalue weighted by Gasteiger charge is 2.40. The van der Waals surface area contributed by atoms with Crippen LogP contribution < -0.4 is 11.1 Å². The Morgan fingerprint density at radius 3 is 3.18 bits per heavy atom. The first kappa shape index (κ1) is 12.9. The van der Waals surface area contributed by atoms with Gasteiger partial charge >= 0.3 is 0 Å². The van der Waals surface area contributed by atoms with Gasteiger partial charge in [-0.1, -0.05) is 11.8 Å². The predicted molar refractivity (Wildman–Crippen MR) is 71.2 cm³/mol. The van der Waals surface area contributed by atoms with Crippen molar-refractivity contribution >= 4 is 29.0 Å². The zero-order chi connectivity index (χ0) is 12.3. The lowest BCUT2D eigenvalue weighted by atomic mass is 9.81. The number of carbonyl (C=O) groups is 1. The predicted octanol–water partition coefficient (Wildman–Crippen LogP) is 1.62. The molecular weight excluding hydrogens is 254 g/mol. The third-order valence-corrected chi connectivity index (χ3v) is 5.52.